The van der Waals surface area contributed by atoms with Crippen LogP contribution in [0.15, 0.2) is 33.5 Å². The Hall–Kier alpha value is -2.07. The SMILES string of the molecule is CN(C(=O)OC(C)(C)C)c1nc(C2CCC(C(F)(F)F)CC2)n(-c2ccc(Cl)cc2)c(=O)c1Br. The number of carbonyl (C=O) groups is 1. The van der Waals surface area contributed by atoms with Crippen molar-refractivity contribution in [2.45, 2.75) is 64.1 Å². The summed E-state index contributed by atoms with van der Waals surface area (Å²) >= 11 is 9.26. The van der Waals surface area contributed by atoms with Gasteiger partial charge in [-0.2, -0.15) is 13.2 Å². The largest absolute Gasteiger partial charge is 0.443 e. The van der Waals surface area contributed by atoms with E-state index in [0.29, 0.717) is 16.5 Å². The maximum Gasteiger partial charge on any atom is 0.415 e. The zero-order valence-electron chi connectivity index (χ0n) is 19.2. The molecule has 6 nitrogen and oxygen atoms in total. The Morgan fingerprint density at radius 2 is 1.71 bits per heavy atom. The number of amides is 1. The second-order valence-electron chi connectivity index (χ2n) is 9.35. The summed E-state index contributed by atoms with van der Waals surface area (Å²) in [6.07, 6.45) is -4.66. The first-order valence-corrected chi connectivity index (χ1v) is 12.0. The van der Waals surface area contributed by atoms with Crippen molar-refractivity contribution in [1.29, 1.82) is 0 Å². The minimum atomic E-state index is -4.25. The number of hydrogen-bond acceptors (Lipinski definition) is 4. The van der Waals surface area contributed by atoms with Crippen LogP contribution in [0.4, 0.5) is 23.8 Å². The summed E-state index contributed by atoms with van der Waals surface area (Å²) in [5, 5.41) is 0.470. The Morgan fingerprint density at radius 1 is 1.15 bits per heavy atom. The predicted molar refractivity (Wildman–Crippen MR) is 128 cm³/mol. The Labute approximate surface area is 209 Å². The fraction of sp³-hybridized carbons (Fsp3) is 0.522. The molecule has 1 fully saturated rings. The molecular formula is C23H26BrClF3N3O3. The molecule has 1 amide bonds. The van der Waals surface area contributed by atoms with Crippen LogP contribution in [-0.4, -0.2) is 34.5 Å². The number of rotatable bonds is 3. The highest BCUT2D eigenvalue weighted by molar-refractivity contribution is 9.10. The number of anilines is 1. The quantitative estimate of drug-likeness (QED) is 0.409. The zero-order chi connectivity index (χ0) is 25.4. The molecule has 0 saturated heterocycles. The lowest BCUT2D eigenvalue weighted by atomic mass is 9.81. The molecule has 3 rings (SSSR count). The minimum Gasteiger partial charge on any atom is -0.443 e. The van der Waals surface area contributed by atoms with Gasteiger partial charge in [-0.15, -0.1) is 0 Å². The highest BCUT2D eigenvalue weighted by Gasteiger charge is 2.42. The summed E-state index contributed by atoms with van der Waals surface area (Å²) in [5.41, 5.74) is -0.785. The molecule has 0 spiro atoms. The molecular weight excluding hydrogens is 539 g/mol. The summed E-state index contributed by atoms with van der Waals surface area (Å²) in [7, 11) is 1.43. The van der Waals surface area contributed by atoms with Crippen LogP contribution in [0.25, 0.3) is 5.69 Å². The van der Waals surface area contributed by atoms with Crippen molar-refractivity contribution in [3.63, 3.8) is 0 Å². The van der Waals surface area contributed by atoms with Crippen LogP contribution >= 0.6 is 27.5 Å². The number of benzene rings is 1. The number of halogens is 5. The predicted octanol–water partition coefficient (Wildman–Crippen LogP) is 6.86. The van der Waals surface area contributed by atoms with Gasteiger partial charge in [-0.1, -0.05) is 11.6 Å². The van der Waals surface area contributed by atoms with Gasteiger partial charge in [-0.25, -0.2) is 9.78 Å². The Morgan fingerprint density at radius 3 is 2.21 bits per heavy atom. The first-order valence-electron chi connectivity index (χ1n) is 10.8. The van der Waals surface area contributed by atoms with E-state index in [1.807, 2.05) is 0 Å². The monoisotopic (exact) mass is 563 g/mol. The van der Waals surface area contributed by atoms with Crippen molar-refractivity contribution in [3.8, 4) is 5.69 Å². The lowest BCUT2D eigenvalue weighted by Crippen LogP contribution is -2.37. The standard InChI is InChI=1S/C23H26BrClF3N3O3/c1-22(2,3)34-21(33)30(4)19-17(24)20(32)31(16-11-9-15(25)10-12-16)18(29-19)13-5-7-14(8-6-13)23(26,27)28/h9-14H,5-8H2,1-4H3. The molecule has 1 aromatic heterocycles. The second-order valence-corrected chi connectivity index (χ2v) is 10.6. The Kier molecular flexibility index (Phi) is 7.72. The van der Waals surface area contributed by atoms with Gasteiger partial charge in [0.25, 0.3) is 5.56 Å². The van der Waals surface area contributed by atoms with Gasteiger partial charge in [0.1, 0.15) is 15.9 Å². The van der Waals surface area contributed by atoms with Crippen LogP contribution in [-0.2, 0) is 4.74 Å². The third-order valence-electron chi connectivity index (χ3n) is 5.66. The maximum absolute atomic E-state index is 13.5. The van der Waals surface area contributed by atoms with Gasteiger partial charge < -0.3 is 4.74 Å². The molecule has 0 atom stereocenters. The van der Waals surface area contributed by atoms with E-state index in [-0.39, 0.29) is 36.0 Å². The summed E-state index contributed by atoms with van der Waals surface area (Å²) < 4.78 is 46.4. The Balaban J connectivity index is 2.10. The van der Waals surface area contributed by atoms with Crippen molar-refractivity contribution in [1.82, 2.24) is 9.55 Å². The molecule has 0 bridgehead atoms. The van der Waals surface area contributed by atoms with E-state index in [1.54, 1.807) is 45.0 Å². The van der Waals surface area contributed by atoms with E-state index in [4.69, 9.17) is 16.3 Å². The first-order chi connectivity index (χ1) is 15.7. The van der Waals surface area contributed by atoms with Crippen LogP contribution in [0.1, 0.15) is 58.2 Å². The van der Waals surface area contributed by atoms with Crippen LogP contribution in [0.2, 0.25) is 5.02 Å². The molecule has 186 valence electrons. The third kappa shape index (κ3) is 5.94. The van der Waals surface area contributed by atoms with E-state index in [0.717, 1.165) is 4.90 Å². The Bertz CT molecular complexity index is 1110. The lowest BCUT2D eigenvalue weighted by molar-refractivity contribution is -0.182. The molecule has 11 heteroatoms. The molecule has 0 N–H and O–H groups in total. The number of ether oxygens (including phenoxy) is 1. The maximum atomic E-state index is 13.5. The highest BCUT2D eigenvalue weighted by Crippen LogP contribution is 2.43. The third-order valence-corrected chi connectivity index (χ3v) is 6.61. The zero-order valence-corrected chi connectivity index (χ0v) is 21.6. The fourth-order valence-electron chi connectivity index (χ4n) is 3.94. The van der Waals surface area contributed by atoms with E-state index in [1.165, 1.54) is 11.6 Å². The van der Waals surface area contributed by atoms with Gasteiger partial charge in [0.05, 0.1) is 11.6 Å². The van der Waals surface area contributed by atoms with Gasteiger partial charge in [-0.05, 0) is 86.6 Å². The summed E-state index contributed by atoms with van der Waals surface area (Å²) in [4.78, 5) is 31.8. The van der Waals surface area contributed by atoms with Crippen LogP contribution in [0, 0.1) is 5.92 Å². The van der Waals surface area contributed by atoms with Gasteiger partial charge in [-0.3, -0.25) is 14.3 Å². The molecule has 34 heavy (non-hydrogen) atoms. The average molecular weight is 565 g/mol. The minimum absolute atomic E-state index is 0.0311. The van der Waals surface area contributed by atoms with Gasteiger partial charge in [0, 0.05) is 18.0 Å². The van der Waals surface area contributed by atoms with Crippen LogP contribution in [0.3, 0.4) is 0 Å². The van der Waals surface area contributed by atoms with Crippen molar-refractivity contribution in [2.24, 2.45) is 5.92 Å². The molecule has 0 aliphatic heterocycles. The molecule has 1 aliphatic rings. The average Bonchev–Trinajstić information content (AvgIpc) is 2.74. The number of aromatic nitrogens is 2. The van der Waals surface area contributed by atoms with Gasteiger partial charge >= 0.3 is 12.3 Å². The fourth-order valence-corrected chi connectivity index (χ4v) is 4.59. The van der Waals surface area contributed by atoms with Crippen LogP contribution < -0.4 is 10.5 Å². The second kappa shape index (κ2) is 9.89. The summed E-state index contributed by atoms with van der Waals surface area (Å²) in [6, 6.07) is 6.50. The number of nitrogens with zero attached hydrogens (tertiary/aromatic N) is 3. The molecule has 0 radical (unpaired) electrons. The molecule has 1 aromatic carbocycles. The molecule has 1 saturated carbocycles. The lowest BCUT2D eigenvalue weighted by Gasteiger charge is -2.31. The summed E-state index contributed by atoms with van der Waals surface area (Å²) in [6.45, 7) is 5.14. The molecule has 1 aliphatic carbocycles. The van der Waals surface area contributed by atoms with Crippen molar-refractivity contribution in [3.05, 3.63) is 49.9 Å². The van der Waals surface area contributed by atoms with Crippen molar-refractivity contribution in [2.75, 3.05) is 11.9 Å². The van der Waals surface area contributed by atoms with E-state index in [9.17, 15) is 22.8 Å². The summed E-state index contributed by atoms with van der Waals surface area (Å²) in [5.74, 6) is -1.45. The molecule has 1 heterocycles. The first kappa shape index (κ1) is 26.5. The van der Waals surface area contributed by atoms with Gasteiger partial charge in [0.2, 0.25) is 0 Å². The van der Waals surface area contributed by atoms with Crippen molar-refractivity contribution < 1.29 is 22.7 Å². The van der Waals surface area contributed by atoms with E-state index in [2.05, 4.69) is 20.9 Å². The molecule has 2 aromatic rings. The van der Waals surface area contributed by atoms with Gasteiger partial charge in [0.15, 0.2) is 5.82 Å². The van der Waals surface area contributed by atoms with Crippen molar-refractivity contribution >= 4 is 39.4 Å². The van der Waals surface area contributed by atoms with Crippen LogP contribution in [0.5, 0.6) is 0 Å². The normalized spacial score (nSPS) is 19.1. The number of carbonyl (C=O) groups excluding carboxylic acids is 1. The molecule has 0 unspecified atom stereocenters. The number of hydrogen-bond donors (Lipinski definition) is 0. The van der Waals surface area contributed by atoms with E-state index < -0.39 is 35.3 Å². The topological polar surface area (TPSA) is 64.4 Å². The highest BCUT2D eigenvalue weighted by atomic mass is 79.9. The smallest absolute Gasteiger partial charge is 0.415 e. The van der Waals surface area contributed by atoms with E-state index >= 15 is 0 Å². The number of alkyl halides is 3.